The maximum Gasteiger partial charge on any atom is 0.335 e. The summed E-state index contributed by atoms with van der Waals surface area (Å²) in [5.41, 5.74) is 2.67. The molecule has 2 aromatic carbocycles. The molecule has 0 aliphatic rings. The van der Waals surface area contributed by atoms with Gasteiger partial charge >= 0.3 is 5.97 Å². The molecule has 3 rings (SSSR count). The Morgan fingerprint density at radius 2 is 1.95 bits per heavy atom. The van der Waals surface area contributed by atoms with Gasteiger partial charge in [-0.2, -0.15) is 0 Å². The lowest BCUT2D eigenvalue weighted by Crippen LogP contribution is -2.01. The van der Waals surface area contributed by atoms with Crippen LogP contribution < -0.4 is 0 Å². The summed E-state index contributed by atoms with van der Waals surface area (Å²) in [5.74, 6) is -0.951. The third kappa shape index (κ3) is 1.91. The molecule has 0 fully saturated rings. The van der Waals surface area contributed by atoms with Crippen LogP contribution in [0.5, 0.6) is 0 Å². The molecule has 0 spiro atoms. The normalized spacial score (nSPS) is 11.4. The van der Waals surface area contributed by atoms with E-state index in [1.165, 1.54) is 0 Å². The first-order valence-electron chi connectivity index (χ1n) is 6.79. The van der Waals surface area contributed by atoms with Crippen molar-refractivity contribution >= 4 is 34.1 Å². The van der Waals surface area contributed by atoms with Crippen LogP contribution in [0.25, 0.3) is 21.8 Å². The van der Waals surface area contributed by atoms with E-state index in [-0.39, 0.29) is 11.6 Å². The van der Waals surface area contributed by atoms with Crippen LogP contribution in [0.15, 0.2) is 36.4 Å². The van der Waals surface area contributed by atoms with E-state index in [2.05, 4.69) is 4.57 Å². The summed E-state index contributed by atoms with van der Waals surface area (Å²) in [6.07, 6.45) is 0.845. The SMILES string of the molecule is CC(C)n1c2cc(C(=O)O)ccc2c2c(C=O)cccc21. The summed E-state index contributed by atoms with van der Waals surface area (Å²) in [6, 6.07) is 10.8. The topological polar surface area (TPSA) is 59.3 Å². The number of carboxylic acid groups (broad SMARTS) is 1. The Balaban J connectivity index is 2.55. The molecule has 3 aromatic rings. The van der Waals surface area contributed by atoms with Crippen molar-refractivity contribution in [3.05, 3.63) is 47.5 Å². The molecule has 1 aromatic heterocycles. The highest BCUT2D eigenvalue weighted by Crippen LogP contribution is 2.34. The highest BCUT2D eigenvalue weighted by molar-refractivity contribution is 6.15. The predicted molar refractivity (Wildman–Crippen MR) is 82.2 cm³/mol. The number of aromatic carboxylic acids is 1. The van der Waals surface area contributed by atoms with Crippen molar-refractivity contribution in [1.29, 1.82) is 0 Å². The Kier molecular flexibility index (Phi) is 3.01. The number of hydrogen-bond acceptors (Lipinski definition) is 2. The van der Waals surface area contributed by atoms with E-state index >= 15 is 0 Å². The van der Waals surface area contributed by atoms with Gasteiger partial charge in [0.2, 0.25) is 0 Å². The Morgan fingerprint density at radius 1 is 1.19 bits per heavy atom. The zero-order valence-electron chi connectivity index (χ0n) is 11.8. The minimum atomic E-state index is -0.951. The average Bonchev–Trinajstić information content (AvgIpc) is 2.80. The van der Waals surface area contributed by atoms with Gasteiger partial charge in [-0.1, -0.05) is 18.2 Å². The lowest BCUT2D eigenvalue weighted by molar-refractivity contribution is 0.0697. The summed E-state index contributed by atoms with van der Waals surface area (Å²) < 4.78 is 2.07. The largest absolute Gasteiger partial charge is 0.478 e. The number of carbonyl (C=O) groups excluding carboxylic acids is 1. The number of aromatic nitrogens is 1. The number of benzene rings is 2. The van der Waals surface area contributed by atoms with Gasteiger partial charge in [0.25, 0.3) is 0 Å². The van der Waals surface area contributed by atoms with Crippen LogP contribution in [0.3, 0.4) is 0 Å². The van der Waals surface area contributed by atoms with Crippen molar-refractivity contribution in [2.24, 2.45) is 0 Å². The van der Waals surface area contributed by atoms with E-state index in [0.29, 0.717) is 5.56 Å². The van der Waals surface area contributed by atoms with Crippen molar-refractivity contribution < 1.29 is 14.7 Å². The van der Waals surface area contributed by atoms with Crippen molar-refractivity contribution in [1.82, 2.24) is 4.57 Å². The number of hydrogen-bond donors (Lipinski definition) is 1. The van der Waals surface area contributed by atoms with Gasteiger partial charge in [-0.3, -0.25) is 4.79 Å². The van der Waals surface area contributed by atoms with Crippen LogP contribution in [0.1, 0.15) is 40.6 Å². The third-order valence-corrected chi connectivity index (χ3v) is 3.75. The molecular weight excluding hydrogens is 266 g/mol. The summed E-state index contributed by atoms with van der Waals surface area (Å²) >= 11 is 0. The van der Waals surface area contributed by atoms with E-state index in [1.54, 1.807) is 24.3 Å². The molecule has 0 atom stereocenters. The zero-order chi connectivity index (χ0) is 15.1. The van der Waals surface area contributed by atoms with E-state index in [9.17, 15) is 14.7 Å². The molecule has 0 bridgehead atoms. The van der Waals surface area contributed by atoms with Gasteiger partial charge in [-0.25, -0.2) is 4.79 Å². The molecule has 4 heteroatoms. The third-order valence-electron chi connectivity index (χ3n) is 3.75. The molecule has 0 aliphatic heterocycles. The summed E-state index contributed by atoms with van der Waals surface area (Å²) in [7, 11) is 0. The van der Waals surface area contributed by atoms with Crippen LogP contribution in [0.2, 0.25) is 0 Å². The van der Waals surface area contributed by atoms with Crippen LogP contribution in [0.4, 0.5) is 0 Å². The Hall–Kier alpha value is -2.62. The summed E-state index contributed by atoms with van der Waals surface area (Å²) in [5, 5.41) is 11.0. The molecule has 0 saturated heterocycles. The minimum Gasteiger partial charge on any atom is -0.478 e. The molecule has 0 radical (unpaired) electrons. The van der Waals surface area contributed by atoms with Gasteiger partial charge in [-0.15, -0.1) is 0 Å². The zero-order valence-corrected chi connectivity index (χ0v) is 11.8. The lowest BCUT2D eigenvalue weighted by Gasteiger charge is -2.11. The molecule has 0 aliphatic carbocycles. The van der Waals surface area contributed by atoms with Gasteiger partial charge in [0, 0.05) is 22.4 Å². The van der Waals surface area contributed by atoms with Gasteiger partial charge in [0.05, 0.1) is 16.6 Å². The first-order valence-corrected chi connectivity index (χ1v) is 6.79. The van der Waals surface area contributed by atoms with E-state index < -0.39 is 5.97 Å². The highest BCUT2D eigenvalue weighted by atomic mass is 16.4. The van der Waals surface area contributed by atoms with Crippen molar-refractivity contribution in [3.8, 4) is 0 Å². The molecule has 1 N–H and O–H groups in total. The highest BCUT2D eigenvalue weighted by Gasteiger charge is 2.16. The van der Waals surface area contributed by atoms with Crippen molar-refractivity contribution in [2.45, 2.75) is 19.9 Å². The van der Waals surface area contributed by atoms with Gasteiger partial charge < -0.3 is 9.67 Å². The Bertz CT molecular complexity index is 874. The second-order valence-electron chi connectivity index (χ2n) is 5.36. The Labute approximate surface area is 121 Å². The number of carbonyl (C=O) groups is 2. The predicted octanol–water partition coefficient (Wildman–Crippen LogP) is 3.89. The molecule has 1 heterocycles. The average molecular weight is 281 g/mol. The number of rotatable bonds is 3. The molecular formula is C17H15NO3. The fraction of sp³-hybridized carbons (Fsp3) is 0.176. The van der Waals surface area contributed by atoms with Crippen molar-refractivity contribution in [3.63, 3.8) is 0 Å². The molecule has 21 heavy (non-hydrogen) atoms. The number of fused-ring (bicyclic) bond motifs is 3. The first-order chi connectivity index (χ1) is 10.0. The second kappa shape index (κ2) is 4.74. The summed E-state index contributed by atoms with van der Waals surface area (Å²) in [6.45, 7) is 4.08. The van der Waals surface area contributed by atoms with E-state index in [1.807, 2.05) is 26.0 Å². The maximum absolute atomic E-state index is 11.3. The molecule has 0 unspecified atom stereocenters. The van der Waals surface area contributed by atoms with Crippen LogP contribution in [0, 0.1) is 0 Å². The van der Waals surface area contributed by atoms with Crippen molar-refractivity contribution in [2.75, 3.05) is 0 Å². The lowest BCUT2D eigenvalue weighted by atomic mass is 10.1. The molecule has 4 nitrogen and oxygen atoms in total. The molecule has 106 valence electrons. The van der Waals surface area contributed by atoms with Crippen LogP contribution >= 0.6 is 0 Å². The number of carboxylic acids is 1. The van der Waals surface area contributed by atoms with Gasteiger partial charge in [0.1, 0.15) is 0 Å². The van der Waals surface area contributed by atoms with Gasteiger partial charge in [-0.05, 0) is 32.0 Å². The fourth-order valence-electron chi connectivity index (χ4n) is 2.91. The van der Waals surface area contributed by atoms with E-state index in [0.717, 1.165) is 28.1 Å². The number of aldehydes is 1. The standard InChI is InChI=1S/C17H15NO3/c1-10(2)18-14-5-3-4-12(9-19)16(14)13-7-6-11(17(20)21)8-15(13)18/h3-10H,1-2H3,(H,20,21). The quantitative estimate of drug-likeness (QED) is 0.741. The molecule has 0 amide bonds. The monoisotopic (exact) mass is 281 g/mol. The fourth-order valence-corrected chi connectivity index (χ4v) is 2.91. The smallest absolute Gasteiger partial charge is 0.335 e. The van der Waals surface area contributed by atoms with Crippen LogP contribution in [-0.2, 0) is 0 Å². The van der Waals surface area contributed by atoms with Gasteiger partial charge in [0.15, 0.2) is 6.29 Å². The molecule has 0 saturated carbocycles. The van der Waals surface area contributed by atoms with E-state index in [4.69, 9.17) is 0 Å². The number of nitrogens with zero attached hydrogens (tertiary/aromatic N) is 1. The van der Waals surface area contributed by atoms with Crippen LogP contribution in [-0.4, -0.2) is 21.9 Å². The minimum absolute atomic E-state index is 0.163. The Morgan fingerprint density at radius 3 is 2.57 bits per heavy atom. The second-order valence-corrected chi connectivity index (χ2v) is 5.36. The maximum atomic E-state index is 11.3. The summed E-state index contributed by atoms with van der Waals surface area (Å²) in [4.78, 5) is 22.5. The first kappa shape index (κ1) is 13.4.